The fraction of sp³-hybridized carbons (Fsp3) is 0.500. The zero-order valence-corrected chi connectivity index (χ0v) is 12.0. The Balaban J connectivity index is 2.07. The van der Waals surface area contributed by atoms with E-state index in [-0.39, 0.29) is 22.5 Å². The number of amides is 1. The Labute approximate surface area is 122 Å². The van der Waals surface area contributed by atoms with E-state index in [0.717, 1.165) is 19.3 Å². The second-order valence-corrected chi connectivity index (χ2v) is 5.83. The molecule has 0 aromatic heterocycles. The van der Waals surface area contributed by atoms with Gasteiger partial charge in [0.1, 0.15) is 5.56 Å². The van der Waals surface area contributed by atoms with Crippen LogP contribution >= 0.6 is 11.6 Å². The number of nitrogens with one attached hydrogen (secondary N) is 1. The summed E-state index contributed by atoms with van der Waals surface area (Å²) in [6.45, 7) is 2.22. The lowest BCUT2D eigenvalue weighted by molar-refractivity contribution is -0.385. The van der Waals surface area contributed by atoms with Gasteiger partial charge in [-0.15, -0.1) is 11.6 Å². The molecule has 0 spiro atoms. The molecule has 1 fully saturated rings. The van der Waals surface area contributed by atoms with Crippen LogP contribution in [0.15, 0.2) is 18.2 Å². The Kier molecular flexibility index (Phi) is 4.60. The maximum absolute atomic E-state index is 12.2. The van der Waals surface area contributed by atoms with Gasteiger partial charge in [0, 0.05) is 18.0 Å². The number of rotatable bonds is 4. The molecular formula is C14H17ClN2O3. The van der Waals surface area contributed by atoms with Crippen molar-refractivity contribution >= 4 is 23.2 Å². The van der Waals surface area contributed by atoms with E-state index < -0.39 is 4.92 Å². The molecule has 2 atom stereocenters. The van der Waals surface area contributed by atoms with Gasteiger partial charge in [-0.05, 0) is 37.7 Å². The van der Waals surface area contributed by atoms with Crippen molar-refractivity contribution in [3.05, 3.63) is 39.4 Å². The van der Waals surface area contributed by atoms with Crippen molar-refractivity contribution in [1.29, 1.82) is 0 Å². The maximum atomic E-state index is 12.2. The fourth-order valence-electron chi connectivity index (χ4n) is 2.62. The average molecular weight is 297 g/mol. The van der Waals surface area contributed by atoms with E-state index in [4.69, 9.17) is 11.6 Å². The van der Waals surface area contributed by atoms with Gasteiger partial charge >= 0.3 is 0 Å². The van der Waals surface area contributed by atoms with Gasteiger partial charge in [0.15, 0.2) is 0 Å². The summed E-state index contributed by atoms with van der Waals surface area (Å²) < 4.78 is 0. The van der Waals surface area contributed by atoms with Gasteiger partial charge in [-0.2, -0.15) is 0 Å². The number of hydrogen-bond acceptors (Lipinski definition) is 3. The lowest BCUT2D eigenvalue weighted by atomic mass is 10.0. The average Bonchev–Trinajstić information content (AvgIpc) is 2.81. The number of carbonyl (C=O) groups is 1. The van der Waals surface area contributed by atoms with Crippen LogP contribution in [0.4, 0.5) is 5.69 Å². The minimum atomic E-state index is -0.522. The summed E-state index contributed by atoms with van der Waals surface area (Å²) in [5.41, 5.74) is 0.611. The van der Waals surface area contributed by atoms with Gasteiger partial charge in [0.25, 0.3) is 11.6 Å². The highest BCUT2D eigenvalue weighted by Gasteiger charge is 2.26. The number of alkyl halides is 1. The van der Waals surface area contributed by atoms with Gasteiger partial charge in [-0.1, -0.05) is 12.1 Å². The molecule has 1 aliphatic rings. The van der Waals surface area contributed by atoms with Crippen LogP contribution in [0.25, 0.3) is 0 Å². The summed E-state index contributed by atoms with van der Waals surface area (Å²) in [5.74, 6) is -0.0163. The summed E-state index contributed by atoms with van der Waals surface area (Å²) in [6, 6.07) is 4.64. The highest BCUT2D eigenvalue weighted by molar-refractivity contribution is 6.20. The first-order valence-electron chi connectivity index (χ1n) is 6.65. The molecule has 5 nitrogen and oxygen atoms in total. The summed E-state index contributed by atoms with van der Waals surface area (Å²) in [6.07, 6.45) is 2.84. The van der Waals surface area contributed by atoms with E-state index in [2.05, 4.69) is 5.32 Å². The van der Waals surface area contributed by atoms with Crippen molar-refractivity contribution < 1.29 is 9.72 Å². The monoisotopic (exact) mass is 296 g/mol. The third kappa shape index (κ3) is 3.28. The standard InChI is InChI=1S/C14H17ClN2O3/c1-9-3-2-4-12(17(19)20)13(9)14(18)16-8-10-5-6-11(15)7-10/h2-4,10-11H,5-8H2,1H3,(H,16,18). The van der Waals surface area contributed by atoms with Gasteiger partial charge in [-0.3, -0.25) is 14.9 Å². The first-order valence-corrected chi connectivity index (χ1v) is 7.09. The Hall–Kier alpha value is -1.62. The quantitative estimate of drug-likeness (QED) is 0.527. The number of carbonyl (C=O) groups excluding carboxylic acids is 1. The summed E-state index contributed by atoms with van der Waals surface area (Å²) >= 11 is 6.03. The zero-order valence-electron chi connectivity index (χ0n) is 11.3. The van der Waals surface area contributed by atoms with E-state index in [0.29, 0.717) is 18.0 Å². The van der Waals surface area contributed by atoms with Crippen LogP contribution in [0.1, 0.15) is 35.2 Å². The highest BCUT2D eigenvalue weighted by atomic mass is 35.5. The van der Waals surface area contributed by atoms with Crippen molar-refractivity contribution in [1.82, 2.24) is 5.32 Å². The van der Waals surface area contributed by atoms with Crippen molar-refractivity contribution in [2.45, 2.75) is 31.6 Å². The molecule has 1 aliphatic carbocycles. The molecule has 1 amide bonds. The Morgan fingerprint density at radius 3 is 2.85 bits per heavy atom. The summed E-state index contributed by atoms with van der Waals surface area (Å²) in [5, 5.41) is 14.0. The molecule has 6 heteroatoms. The first kappa shape index (κ1) is 14.8. The van der Waals surface area contributed by atoms with Crippen LogP contribution < -0.4 is 5.32 Å². The van der Waals surface area contributed by atoms with Crippen LogP contribution in [0.3, 0.4) is 0 Å². The predicted octanol–water partition coefficient (Wildman–Crippen LogP) is 3.04. The van der Waals surface area contributed by atoms with Crippen LogP contribution in [0.2, 0.25) is 0 Å². The van der Waals surface area contributed by atoms with Crippen molar-refractivity contribution in [2.75, 3.05) is 6.54 Å². The summed E-state index contributed by atoms with van der Waals surface area (Å²) in [7, 11) is 0. The Morgan fingerprint density at radius 1 is 1.50 bits per heavy atom. The molecule has 0 heterocycles. The number of halogens is 1. The maximum Gasteiger partial charge on any atom is 0.282 e. The number of nitrogens with zero attached hydrogens (tertiary/aromatic N) is 1. The third-order valence-corrected chi connectivity index (χ3v) is 4.10. The Morgan fingerprint density at radius 2 is 2.25 bits per heavy atom. The molecule has 0 saturated heterocycles. The highest BCUT2D eigenvalue weighted by Crippen LogP contribution is 2.29. The molecule has 1 N–H and O–H groups in total. The van der Waals surface area contributed by atoms with Crippen LogP contribution in [0, 0.1) is 23.0 Å². The SMILES string of the molecule is Cc1cccc([N+](=O)[O-])c1C(=O)NCC1CCC(Cl)C1. The molecule has 0 aliphatic heterocycles. The Bertz CT molecular complexity index is 533. The third-order valence-electron chi connectivity index (χ3n) is 3.70. The summed E-state index contributed by atoms with van der Waals surface area (Å²) in [4.78, 5) is 22.6. The van der Waals surface area contributed by atoms with E-state index in [1.165, 1.54) is 6.07 Å². The molecule has 0 radical (unpaired) electrons. The van der Waals surface area contributed by atoms with Crippen molar-refractivity contribution in [3.63, 3.8) is 0 Å². The van der Waals surface area contributed by atoms with Crippen molar-refractivity contribution in [2.24, 2.45) is 5.92 Å². The molecule has 108 valence electrons. The second kappa shape index (κ2) is 6.22. The lowest BCUT2D eigenvalue weighted by Gasteiger charge is -2.12. The van der Waals surface area contributed by atoms with Gasteiger partial charge in [0.05, 0.1) is 4.92 Å². The molecule has 2 rings (SSSR count). The largest absolute Gasteiger partial charge is 0.352 e. The predicted molar refractivity (Wildman–Crippen MR) is 77.1 cm³/mol. The normalized spacial score (nSPS) is 21.7. The first-order chi connectivity index (χ1) is 9.49. The molecule has 20 heavy (non-hydrogen) atoms. The van der Waals surface area contributed by atoms with Gasteiger partial charge in [0.2, 0.25) is 0 Å². The number of benzene rings is 1. The van der Waals surface area contributed by atoms with E-state index in [1.54, 1.807) is 19.1 Å². The molecule has 0 bridgehead atoms. The minimum Gasteiger partial charge on any atom is -0.352 e. The van der Waals surface area contributed by atoms with E-state index in [1.807, 2.05) is 0 Å². The molecule has 2 unspecified atom stereocenters. The smallest absolute Gasteiger partial charge is 0.282 e. The van der Waals surface area contributed by atoms with Crippen LogP contribution in [-0.2, 0) is 0 Å². The van der Waals surface area contributed by atoms with Crippen LogP contribution in [0.5, 0.6) is 0 Å². The molecule has 1 aromatic carbocycles. The topological polar surface area (TPSA) is 72.2 Å². The molecule has 1 aromatic rings. The van der Waals surface area contributed by atoms with Crippen LogP contribution in [-0.4, -0.2) is 22.8 Å². The number of aryl methyl sites for hydroxylation is 1. The lowest BCUT2D eigenvalue weighted by Crippen LogP contribution is -2.29. The minimum absolute atomic E-state index is 0.149. The number of nitro groups is 1. The van der Waals surface area contributed by atoms with Crippen molar-refractivity contribution in [3.8, 4) is 0 Å². The number of nitro benzene ring substituents is 1. The van der Waals surface area contributed by atoms with Gasteiger partial charge in [-0.25, -0.2) is 0 Å². The number of hydrogen-bond donors (Lipinski definition) is 1. The second-order valence-electron chi connectivity index (χ2n) is 5.21. The van der Waals surface area contributed by atoms with Gasteiger partial charge < -0.3 is 5.32 Å². The fourth-order valence-corrected chi connectivity index (χ4v) is 3.00. The molecule has 1 saturated carbocycles. The zero-order chi connectivity index (χ0) is 14.7. The van der Waals surface area contributed by atoms with E-state index in [9.17, 15) is 14.9 Å². The van der Waals surface area contributed by atoms with E-state index >= 15 is 0 Å². The molecular weight excluding hydrogens is 280 g/mol.